The first-order valence-electron chi connectivity index (χ1n) is 6.06. The van der Waals surface area contributed by atoms with Crippen molar-refractivity contribution in [1.82, 2.24) is 4.90 Å². The van der Waals surface area contributed by atoms with Gasteiger partial charge in [-0.15, -0.1) is 0 Å². The number of unbranched alkanes of at least 4 members (excludes halogenated alkanes) is 1. The highest BCUT2D eigenvalue weighted by atomic mass is 16.2. The van der Waals surface area contributed by atoms with E-state index in [-0.39, 0.29) is 5.91 Å². The molecule has 0 heterocycles. The van der Waals surface area contributed by atoms with E-state index in [1.54, 1.807) is 4.90 Å². The topological polar surface area (TPSA) is 20.3 Å². The van der Waals surface area contributed by atoms with Gasteiger partial charge in [-0.2, -0.15) is 0 Å². The van der Waals surface area contributed by atoms with Gasteiger partial charge in [0.15, 0.2) is 0 Å². The fourth-order valence-corrected chi connectivity index (χ4v) is 1.35. The largest absolute Gasteiger partial charge is 0.316 e. The Balaban J connectivity index is 4.75. The molecule has 0 atom stereocenters. The van der Waals surface area contributed by atoms with Crippen molar-refractivity contribution in [2.24, 2.45) is 0 Å². The van der Waals surface area contributed by atoms with E-state index in [4.69, 9.17) is 0 Å². The lowest BCUT2D eigenvalue weighted by molar-refractivity contribution is -0.124. The molecular weight excluding hydrogens is 198 g/mol. The molecule has 1 amide bonds. The van der Waals surface area contributed by atoms with Crippen molar-refractivity contribution in [3.63, 3.8) is 0 Å². The maximum Gasteiger partial charge on any atom is 0.253 e. The van der Waals surface area contributed by atoms with Crippen molar-refractivity contribution in [2.75, 3.05) is 7.05 Å². The molecule has 0 fully saturated rings. The Morgan fingerprint density at radius 1 is 1.19 bits per heavy atom. The van der Waals surface area contributed by atoms with E-state index in [0.29, 0.717) is 0 Å². The highest BCUT2D eigenvalue weighted by Gasteiger charge is 2.13. The van der Waals surface area contributed by atoms with E-state index in [1.807, 2.05) is 27.8 Å². The van der Waals surface area contributed by atoms with E-state index < -0.39 is 0 Å². The van der Waals surface area contributed by atoms with E-state index in [0.717, 1.165) is 30.5 Å². The maximum absolute atomic E-state index is 12.1. The Morgan fingerprint density at radius 2 is 1.75 bits per heavy atom. The summed E-state index contributed by atoms with van der Waals surface area (Å²) in [5.41, 5.74) is 3.07. The Kier molecular flexibility index (Phi) is 6.78. The summed E-state index contributed by atoms with van der Waals surface area (Å²) in [4.78, 5) is 13.8. The quantitative estimate of drug-likeness (QED) is 0.647. The molecule has 0 aromatic heterocycles. The van der Waals surface area contributed by atoms with Gasteiger partial charge < -0.3 is 4.90 Å². The molecule has 0 aliphatic heterocycles. The van der Waals surface area contributed by atoms with Gasteiger partial charge >= 0.3 is 0 Å². The van der Waals surface area contributed by atoms with Crippen LogP contribution in [0.15, 0.2) is 22.9 Å². The number of rotatable bonds is 5. The van der Waals surface area contributed by atoms with Crippen molar-refractivity contribution < 1.29 is 4.79 Å². The third kappa shape index (κ3) is 4.21. The molecule has 0 N–H and O–H groups in total. The molecule has 0 aromatic rings. The van der Waals surface area contributed by atoms with E-state index in [2.05, 4.69) is 19.9 Å². The summed E-state index contributed by atoms with van der Waals surface area (Å²) in [7, 11) is 1.84. The highest BCUT2D eigenvalue weighted by Crippen LogP contribution is 2.13. The number of allylic oxidation sites excluding steroid dienone is 3. The molecule has 0 saturated carbocycles. The number of nitrogens with zero attached hydrogens (tertiary/aromatic N) is 1. The molecule has 0 aromatic carbocycles. The normalized spacial score (nSPS) is 13.5. The number of hydrogen-bond donors (Lipinski definition) is 0. The maximum atomic E-state index is 12.1. The van der Waals surface area contributed by atoms with Gasteiger partial charge in [0.05, 0.1) is 0 Å². The third-order valence-corrected chi connectivity index (χ3v) is 3.05. The van der Waals surface area contributed by atoms with Crippen LogP contribution in [0.2, 0.25) is 0 Å². The van der Waals surface area contributed by atoms with Crippen LogP contribution >= 0.6 is 0 Å². The van der Waals surface area contributed by atoms with Crippen molar-refractivity contribution in [1.29, 1.82) is 0 Å². The predicted molar refractivity (Wildman–Crippen MR) is 70.1 cm³/mol. The molecular formula is C14H25NO. The average molecular weight is 223 g/mol. The van der Waals surface area contributed by atoms with Crippen LogP contribution in [0.5, 0.6) is 0 Å². The first kappa shape index (κ1) is 14.9. The molecule has 0 aliphatic rings. The minimum absolute atomic E-state index is 0.115. The van der Waals surface area contributed by atoms with Crippen LogP contribution in [0.25, 0.3) is 0 Å². The Hall–Kier alpha value is -1.05. The summed E-state index contributed by atoms with van der Waals surface area (Å²) in [6, 6.07) is 0. The molecule has 92 valence electrons. The molecule has 0 radical (unpaired) electrons. The van der Waals surface area contributed by atoms with Gasteiger partial charge in [0, 0.05) is 18.3 Å². The monoisotopic (exact) mass is 223 g/mol. The zero-order chi connectivity index (χ0) is 12.7. The Morgan fingerprint density at radius 3 is 2.19 bits per heavy atom. The number of carbonyl (C=O) groups is 1. The van der Waals surface area contributed by atoms with E-state index >= 15 is 0 Å². The lowest BCUT2D eigenvalue weighted by atomic mass is 10.1. The molecule has 16 heavy (non-hydrogen) atoms. The van der Waals surface area contributed by atoms with Gasteiger partial charge in [-0.3, -0.25) is 4.79 Å². The van der Waals surface area contributed by atoms with Crippen LogP contribution in [0.1, 0.15) is 53.9 Å². The molecule has 0 saturated heterocycles. The summed E-state index contributed by atoms with van der Waals surface area (Å²) in [6.07, 6.45) is 5.19. The van der Waals surface area contributed by atoms with Crippen LogP contribution in [0.3, 0.4) is 0 Å². The van der Waals surface area contributed by atoms with Crippen LogP contribution in [-0.4, -0.2) is 17.9 Å². The van der Waals surface area contributed by atoms with Crippen LogP contribution < -0.4 is 0 Å². The van der Waals surface area contributed by atoms with Gasteiger partial charge in [0.1, 0.15) is 0 Å². The summed E-state index contributed by atoms with van der Waals surface area (Å²) in [5, 5.41) is 0. The summed E-state index contributed by atoms with van der Waals surface area (Å²) < 4.78 is 0. The van der Waals surface area contributed by atoms with Crippen molar-refractivity contribution >= 4 is 5.91 Å². The molecule has 0 spiro atoms. The fraction of sp³-hybridized carbons (Fsp3) is 0.643. The zero-order valence-electron chi connectivity index (χ0n) is 11.6. The van der Waals surface area contributed by atoms with Crippen molar-refractivity contribution in [2.45, 2.75) is 53.9 Å². The molecule has 2 heteroatoms. The highest BCUT2D eigenvalue weighted by molar-refractivity contribution is 5.94. The lowest BCUT2D eigenvalue weighted by Crippen LogP contribution is -2.26. The summed E-state index contributed by atoms with van der Waals surface area (Å²) in [5.74, 6) is 0.115. The van der Waals surface area contributed by atoms with Gasteiger partial charge in [-0.05, 0) is 33.6 Å². The second-order valence-electron chi connectivity index (χ2n) is 4.26. The second kappa shape index (κ2) is 7.26. The average Bonchev–Trinajstić information content (AvgIpc) is 2.31. The number of likely N-dealkylation sites (N-methyl/N-ethyl adjacent to an activating group) is 1. The molecule has 0 rings (SSSR count). The smallest absolute Gasteiger partial charge is 0.253 e. The minimum Gasteiger partial charge on any atom is -0.316 e. The Bertz CT molecular complexity index is 300. The summed E-state index contributed by atoms with van der Waals surface area (Å²) in [6.45, 7) is 10.1. The van der Waals surface area contributed by atoms with E-state index in [9.17, 15) is 4.79 Å². The number of carbonyl (C=O) groups excluding carboxylic acids is 1. The lowest BCUT2D eigenvalue weighted by Gasteiger charge is -2.19. The standard InChI is InChI=1S/C14H25NO/c1-7-9-10-12(4)15(6)14(16)13(5)11(3)8-2/h10H,7-9H2,1-6H3/b12-10+,13-11-. The second-order valence-corrected chi connectivity index (χ2v) is 4.26. The van der Waals surface area contributed by atoms with Gasteiger partial charge in [0.2, 0.25) is 0 Å². The first-order valence-corrected chi connectivity index (χ1v) is 6.06. The zero-order valence-corrected chi connectivity index (χ0v) is 11.6. The predicted octanol–water partition coefficient (Wildman–Crippen LogP) is 3.90. The van der Waals surface area contributed by atoms with Gasteiger partial charge in [0.25, 0.3) is 5.91 Å². The van der Waals surface area contributed by atoms with Gasteiger partial charge in [-0.1, -0.05) is 31.9 Å². The van der Waals surface area contributed by atoms with Crippen LogP contribution in [-0.2, 0) is 4.79 Å². The first-order chi connectivity index (χ1) is 7.45. The van der Waals surface area contributed by atoms with Crippen molar-refractivity contribution in [3.05, 3.63) is 22.9 Å². The van der Waals surface area contributed by atoms with Gasteiger partial charge in [-0.25, -0.2) is 0 Å². The molecule has 2 nitrogen and oxygen atoms in total. The van der Waals surface area contributed by atoms with Crippen LogP contribution in [0, 0.1) is 0 Å². The molecule has 0 bridgehead atoms. The van der Waals surface area contributed by atoms with Crippen LogP contribution in [0.4, 0.5) is 0 Å². The summed E-state index contributed by atoms with van der Waals surface area (Å²) >= 11 is 0. The van der Waals surface area contributed by atoms with Crippen molar-refractivity contribution in [3.8, 4) is 0 Å². The number of hydrogen-bond acceptors (Lipinski definition) is 1. The Labute approximate surface area is 100 Å². The SMILES string of the molecule is CCC/C=C(\C)N(C)C(=O)/C(C)=C(/C)CC. The minimum atomic E-state index is 0.115. The number of amides is 1. The molecule has 0 aliphatic carbocycles. The fourth-order valence-electron chi connectivity index (χ4n) is 1.35. The third-order valence-electron chi connectivity index (χ3n) is 3.05. The molecule has 0 unspecified atom stereocenters. The van der Waals surface area contributed by atoms with E-state index in [1.165, 1.54) is 5.57 Å².